The second-order valence-corrected chi connectivity index (χ2v) is 6.15. The SMILES string of the molecule is O=C(Nc1nc(C2CC2)cs1)c1ccn(-c2ccccc2)n1. The zero-order chi connectivity index (χ0) is 14.9. The van der Waals surface area contributed by atoms with E-state index in [1.165, 1.54) is 24.2 Å². The van der Waals surface area contributed by atoms with Gasteiger partial charge in [0.1, 0.15) is 0 Å². The highest BCUT2D eigenvalue weighted by Gasteiger charge is 2.26. The van der Waals surface area contributed by atoms with Crippen LogP contribution in [0, 0.1) is 0 Å². The Morgan fingerprint density at radius 1 is 1.23 bits per heavy atom. The number of thiazole rings is 1. The molecule has 5 nitrogen and oxygen atoms in total. The van der Waals surface area contributed by atoms with Crippen LogP contribution in [0.1, 0.15) is 34.9 Å². The van der Waals surface area contributed by atoms with E-state index in [2.05, 4.69) is 15.4 Å². The summed E-state index contributed by atoms with van der Waals surface area (Å²) in [7, 11) is 0. The molecule has 6 heteroatoms. The minimum absolute atomic E-state index is 0.230. The number of carbonyl (C=O) groups excluding carboxylic acids is 1. The van der Waals surface area contributed by atoms with Crippen molar-refractivity contribution in [3.8, 4) is 5.69 Å². The van der Waals surface area contributed by atoms with Gasteiger partial charge in [-0.05, 0) is 31.0 Å². The summed E-state index contributed by atoms with van der Waals surface area (Å²) in [6.45, 7) is 0. The Hall–Kier alpha value is -2.47. The second kappa shape index (κ2) is 5.38. The van der Waals surface area contributed by atoms with E-state index in [-0.39, 0.29) is 5.91 Å². The van der Waals surface area contributed by atoms with Gasteiger partial charge in [0.05, 0.1) is 11.4 Å². The van der Waals surface area contributed by atoms with Gasteiger partial charge in [-0.2, -0.15) is 5.10 Å². The maximum atomic E-state index is 12.2. The predicted molar refractivity (Wildman–Crippen MR) is 85.6 cm³/mol. The van der Waals surface area contributed by atoms with Gasteiger partial charge in [0.15, 0.2) is 10.8 Å². The lowest BCUT2D eigenvalue weighted by Gasteiger charge is -2.00. The van der Waals surface area contributed by atoms with Gasteiger partial charge in [0, 0.05) is 17.5 Å². The van der Waals surface area contributed by atoms with Crippen LogP contribution in [0.2, 0.25) is 0 Å². The molecule has 2 heterocycles. The standard InChI is InChI=1S/C16H14N4OS/c21-15(18-16-17-14(10-22-16)11-6-7-11)13-8-9-20(19-13)12-4-2-1-3-5-12/h1-5,8-11H,6-7H2,(H,17,18,21). The van der Waals surface area contributed by atoms with Crippen LogP contribution in [0.5, 0.6) is 0 Å². The van der Waals surface area contributed by atoms with Gasteiger partial charge in [-0.15, -0.1) is 11.3 Å². The minimum Gasteiger partial charge on any atom is -0.296 e. The van der Waals surface area contributed by atoms with Crippen LogP contribution in [0.3, 0.4) is 0 Å². The molecule has 110 valence electrons. The predicted octanol–water partition coefficient (Wildman–Crippen LogP) is 3.46. The average molecular weight is 310 g/mol. The summed E-state index contributed by atoms with van der Waals surface area (Å²) in [6.07, 6.45) is 4.19. The molecule has 1 aromatic carbocycles. The number of para-hydroxylation sites is 1. The van der Waals surface area contributed by atoms with E-state index < -0.39 is 0 Å². The number of hydrogen-bond acceptors (Lipinski definition) is 4. The van der Waals surface area contributed by atoms with Crippen molar-refractivity contribution in [1.82, 2.24) is 14.8 Å². The van der Waals surface area contributed by atoms with Crippen molar-refractivity contribution in [3.63, 3.8) is 0 Å². The summed E-state index contributed by atoms with van der Waals surface area (Å²) < 4.78 is 1.69. The fraction of sp³-hybridized carbons (Fsp3) is 0.188. The summed E-state index contributed by atoms with van der Waals surface area (Å²) >= 11 is 1.47. The van der Waals surface area contributed by atoms with Gasteiger partial charge in [0.25, 0.3) is 5.91 Å². The molecule has 1 aliphatic carbocycles. The molecule has 0 unspecified atom stereocenters. The lowest BCUT2D eigenvalue weighted by atomic mass is 10.3. The fourth-order valence-corrected chi connectivity index (χ4v) is 3.03. The van der Waals surface area contributed by atoms with Crippen LogP contribution in [0.4, 0.5) is 5.13 Å². The Labute approximate surface area is 131 Å². The first-order valence-electron chi connectivity index (χ1n) is 7.17. The average Bonchev–Trinajstić information content (AvgIpc) is 3.10. The van der Waals surface area contributed by atoms with E-state index in [0.29, 0.717) is 16.7 Å². The summed E-state index contributed by atoms with van der Waals surface area (Å²) in [5.41, 5.74) is 2.40. The Morgan fingerprint density at radius 3 is 2.82 bits per heavy atom. The molecule has 1 fully saturated rings. The first-order valence-corrected chi connectivity index (χ1v) is 8.05. The van der Waals surface area contributed by atoms with Gasteiger partial charge in [-0.3, -0.25) is 10.1 Å². The molecule has 1 saturated carbocycles. The molecule has 3 aromatic rings. The van der Waals surface area contributed by atoms with Crippen LogP contribution in [0.25, 0.3) is 5.69 Å². The number of rotatable bonds is 4. The van der Waals surface area contributed by atoms with Gasteiger partial charge < -0.3 is 0 Å². The van der Waals surface area contributed by atoms with Crippen LogP contribution in [-0.4, -0.2) is 20.7 Å². The smallest absolute Gasteiger partial charge is 0.277 e. The first-order chi connectivity index (χ1) is 10.8. The normalized spacial score (nSPS) is 14.0. The van der Waals surface area contributed by atoms with Crippen molar-refractivity contribution < 1.29 is 4.79 Å². The maximum absolute atomic E-state index is 12.2. The Bertz CT molecular complexity index is 804. The Balaban J connectivity index is 1.49. The topological polar surface area (TPSA) is 59.8 Å². The molecule has 0 atom stereocenters. The number of anilines is 1. The number of benzene rings is 1. The van der Waals surface area contributed by atoms with E-state index in [1.807, 2.05) is 35.7 Å². The third-order valence-electron chi connectivity index (χ3n) is 3.58. The molecule has 0 aliphatic heterocycles. The third kappa shape index (κ3) is 2.65. The fourth-order valence-electron chi connectivity index (χ4n) is 2.24. The molecule has 4 rings (SSSR count). The van der Waals surface area contributed by atoms with Crippen LogP contribution in [0.15, 0.2) is 48.0 Å². The molecule has 2 aromatic heterocycles. The molecular formula is C16H14N4OS. The van der Waals surface area contributed by atoms with E-state index in [1.54, 1.807) is 16.9 Å². The third-order valence-corrected chi connectivity index (χ3v) is 4.36. The van der Waals surface area contributed by atoms with Crippen LogP contribution >= 0.6 is 11.3 Å². The largest absolute Gasteiger partial charge is 0.296 e. The van der Waals surface area contributed by atoms with E-state index >= 15 is 0 Å². The van der Waals surface area contributed by atoms with E-state index in [0.717, 1.165) is 11.4 Å². The van der Waals surface area contributed by atoms with Gasteiger partial charge >= 0.3 is 0 Å². The lowest BCUT2D eigenvalue weighted by Crippen LogP contribution is -2.13. The highest BCUT2D eigenvalue weighted by Crippen LogP contribution is 2.40. The minimum atomic E-state index is -0.230. The number of hydrogen-bond donors (Lipinski definition) is 1. The maximum Gasteiger partial charge on any atom is 0.277 e. The van der Waals surface area contributed by atoms with Gasteiger partial charge in [0.2, 0.25) is 0 Å². The van der Waals surface area contributed by atoms with Gasteiger partial charge in [-0.1, -0.05) is 18.2 Å². The van der Waals surface area contributed by atoms with Crippen molar-refractivity contribution in [3.05, 3.63) is 59.4 Å². The Morgan fingerprint density at radius 2 is 2.05 bits per heavy atom. The van der Waals surface area contributed by atoms with Crippen molar-refractivity contribution in [2.24, 2.45) is 0 Å². The van der Waals surface area contributed by atoms with Crippen LogP contribution in [-0.2, 0) is 0 Å². The summed E-state index contributed by atoms with van der Waals surface area (Å²) in [5, 5.41) is 9.79. The summed E-state index contributed by atoms with van der Waals surface area (Å²) in [5.74, 6) is 0.366. The Kier molecular flexibility index (Phi) is 3.23. The molecular weight excluding hydrogens is 296 g/mol. The quantitative estimate of drug-likeness (QED) is 0.803. The van der Waals surface area contributed by atoms with Crippen molar-refractivity contribution in [2.45, 2.75) is 18.8 Å². The molecule has 0 radical (unpaired) electrons. The number of carbonyl (C=O) groups is 1. The number of aromatic nitrogens is 3. The molecule has 0 spiro atoms. The summed E-state index contributed by atoms with van der Waals surface area (Å²) in [6, 6.07) is 11.4. The van der Waals surface area contributed by atoms with Gasteiger partial charge in [-0.25, -0.2) is 9.67 Å². The molecule has 1 amide bonds. The van der Waals surface area contributed by atoms with Crippen LogP contribution < -0.4 is 5.32 Å². The van der Waals surface area contributed by atoms with Crippen molar-refractivity contribution >= 4 is 22.4 Å². The zero-order valence-electron chi connectivity index (χ0n) is 11.8. The molecule has 22 heavy (non-hydrogen) atoms. The highest BCUT2D eigenvalue weighted by molar-refractivity contribution is 7.14. The monoisotopic (exact) mass is 310 g/mol. The molecule has 1 aliphatic rings. The second-order valence-electron chi connectivity index (χ2n) is 5.29. The van der Waals surface area contributed by atoms with Crippen molar-refractivity contribution in [2.75, 3.05) is 5.32 Å². The zero-order valence-corrected chi connectivity index (χ0v) is 12.6. The molecule has 0 bridgehead atoms. The highest BCUT2D eigenvalue weighted by atomic mass is 32.1. The lowest BCUT2D eigenvalue weighted by molar-refractivity contribution is 0.102. The number of nitrogens with one attached hydrogen (secondary N) is 1. The van der Waals surface area contributed by atoms with E-state index in [9.17, 15) is 4.79 Å². The first kappa shape index (κ1) is 13.2. The molecule has 1 N–H and O–H groups in total. The number of nitrogens with zero attached hydrogens (tertiary/aromatic N) is 3. The summed E-state index contributed by atoms with van der Waals surface area (Å²) in [4.78, 5) is 16.7. The van der Waals surface area contributed by atoms with E-state index in [4.69, 9.17) is 0 Å². The van der Waals surface area contributed by atoms with Crippen molar-refractivity contribution in [1.29, 1.82) is 0 Å². The molecule has 0 saturated heterocycles. The number of amides is 1.